The molecular formula is C15H18N2O2S2. The molecule has 0 saturated carbocycles. The lowest BCUT2D eigenvalue weighted by molar-refractivity contribution is 0.559. The van der Waals surface area contributed by atoms with Crippen molar-refractivity contribution >= 4 is 26.9 Å². The Balaban J connectivity index is 1.72. The molecule has 0 unspecified atom stereocenters. The van der Waals surface area contributed by atoms with Gasteiger partial charge in [-0.1, -0.05) is 12.1 Å². The number of aryl methyl sites for hydroxylation is 1. The van der Waals surface area contributed by atoms with Crippen LogP contribution in [-0.4, -0.2) is 30.9 Å². The Hall–Kier alpha value is -1.40. The molecule has 6 heteroatoms. The first kappa shape index (κ1) is 14.5. The van der Waals surface area contributed by atoms with Gasteiger partial charge in [0.2, 0.25) is 0 Å². The Morgan fingerprint density at radius 3 is 2.71 bits per heavy atom. The highest BCUT2D eigenvalue weighted by Crippen LogP contribution is 2.25. The maximum Gasteiger partial charge on any atom is 0.150 e. The average molecular weight is 322 g/mol. The van der Waals surface area contributed by atoms with E-state index in [0.717, 1.165) is 22.0 Å². The summed E-state index contributed by atoms with van der Waals surface area (Å²) in [4.78, 5) is 4.50. The van der Waals surface area contributed by atoms with Crippen molar-refractivity contribution < 1.29 is 8.42 Å². The van der Waals surface area contributed by atoms with Crippen LogP contribution in [0.3, 0.4) is 0 Å². The second-order valence-corrected chi connectivity index (χ2v) is 8.77. The van der Waals surface area contributed by atoms with Gasteiger partial charge in [0.15, 0.2) is 0 Å². The lowest BCUT2D eigenvalue weighted by Gasteiger charge is -2.24. The molecule has 0 spiro atoms. The van der Waals surface area contributed by atoms with Gasteiger partial charge in [-0.25, -0.2) is 13.4 Å². The molecule has 112 valence electrons. The summed E-state index contributed by atoms with van der Waals surface area (Å²) in [5.41, 5.74) is 3.11. The largest absolute Gasteiger partial charge is 0.382 e. The van der Waals surface area contributed by atoms with E-state index >= 15 is 0 Å². The fraction of sp³-hybridized carbons (Fsp3) is 0.400. The van der Waals surface area contributed by atoms with Crippen LogP contribution in [0.1, 0.15) is 17.8 Å². The first-order valence-electron chi connectivity index (χ1n) is 7.01. The summed E-state index contributed by atoms with van der Waals surface area (Å²) < 4.78 is 22.9. The predicted molar refractivity (Wildman–Crippen MR) is 87.6 cm³/mol. The van der Waals surface area contributed by atoms with Gasteiger partial charge in [0, 0.05) is 22.7 Å². The van der Waals surface area contributed by atoms with Crippen LogP contribution in [0.5, 0.6) is 0 Å². The second kappa shape index (κ2) is 5.77. The lowest BCUT2D eigenvalue weighted by atomic mass is 10.1. The topological polar surface area (TPSA) is 59.1 Å². The van der Waals surface area contributed by atoms with Crippen LogP contribution in [0.2, 0.25) is 0 Å². The fourth-order valence-corrected chi connectivity index (χ4v) is 4.65. The summed E-state index contributed by atoms with van der Waals surface area (Å²) in [5.74, 6) is 0.575. The molecular weight excluding hydrogens is 304 g/mol. The van der Waals surface area contributed by atoms with Gasteiger partial charge in [-0.3, -0.25) is 0 Å². The van der Waals surface area contributed by atoms with Crippen molar-refractivity contribution in [1.82, 2.24) is 4.98 Å². The third kappa shape index (κ3) is 3.63. The number of sulfone groups is 1. The van der Waals surface area contributed by atoms with Crippen molar-refractivity contribution in [3.05, 3.63) is 34.7 Å². The van der Waals surface area contributed by atoms with E-state index in [1.165, 1.54) is 0 Å². The summed E-state index contributed by atoms with van der Waals surface area (Å²) in [6.45, 7) is 2.00. The number of nitrogens with one attached hydrogen (secondary N) is 1. The van der Waals surface area contributed by atoms with Crippen molar-refractivity contribution in [3.8, 4) is 11.3 Å². The predicted octanol–water partition coefficient (Wildman–Crippen LogP) is 3.11. The van der Waals surface area contributed by atoms with E-state index in [-0.39, 0.29) is 17.5 Å². The quantitative estimate of drug-likeness (QED) is 0.943. The van der Waals surface area contributed by atoms with Crippen LogP contribution in [0.4, 0.5) is 5.69 Å². The van der Waals surface area contributed by atoms with Crippen molar-refractivity contribution in [1.29, 1.82) is 0 Å². The smallest absolute Gasteiger partial charge is 0.150 e. The van der Waals surface area contributed by atoms with E-state index < -0.39 is 9.84 Å². The molecule has 1 aliphatic heterocycles. The van der Waals surface area contributed by atoms with Gasteiger partial charge in [-0.2, -0.15) is 0 Å². The molecule has 0 bridgehead atoms. The Bertz CT molecular complexity index is 724. The van der Waals surface area contributed by atoms with E-state index in [2.05, 4.69) is 21.7 Å². The standard InChI is InChI=1S/C15H18N2O2S2/c1-11-16-15(10-20-11)12-3-2-4-14(9-12)17-13-5-7-21(18,19)8-6-13/h2-4,9-10,13,17H,5-8H2,1H3. The Morgan fingerprint density at radius 1 is 1.29 bits per heavy atom. The monoisotopic (exact) mass is 322 g/mol. The molecule has 4 nitrogen and oxygen atoms in total. The van der Waals surface area contributed by atoms with E-state index in [4.69, 9.17) is 0 Å². The molecule has 1 aliphatic rings. The highest BCUT2D eigenvalue weighted by atomic mass is 32.2. The summed E-state index contributed by atoms with van der Waals surface area (Å²) >= 11 is 1.64. The minimum absolute atomic E-state index is 0.237. The second-order valence-electron chi connectivity index (χ2n) is 5.40. The maximum atomic E-state index is 11.5. The number of hydrogen-bond donors (Lipinski definition) is 1. The molecule has 0 radical (unpaired) electrons. The van der Waals surface area contributed by atoms with Gasteiger partial charge >= 0.3 is 0 Å². The normalized spacial score (nSPS) is 18.5. The SMILES string of the molecule is Cc1nc(-c2cccc(NC3CCS(=O)(=O)CC3)c2)cs1. The number of hydrogen-bond acceptors (Lipinski definition) is 5. The minimum atomic E-state index is -2.80. The molecule has 1 saturated heterocycles. The van der Waals surface area contributed by atoms with E-state index in [9.17, 15) is 8.42 Å². The molecule has 0 aliphatic carbocycles. The summed E-state index contributed by atoms with van der Waals surface area (Å²) in [7, 11) is -2.80. The van der Waals surface area contributed by atoms with E-state index in [1.54, 1.807) is 11.3 Å². The van der Waals surface area contributed by atoms with Crippen LogP contribution < -0.4 is 5.32 Å². The van der Waals surface area contributed by atoms with Gasteiger partial charge in [-0.05, 0) is 31.9 Å². The van der Waals surface area contributed by atoms with Crippen LogP contribution in [0, 0.1) is 6.92 Å². The molecule has 2 heterocycles. The van der Waals surface area contributed by atoms with Crippen molar-refractivity contribution in [2.24, 2.45) is 0 Å². The van der Waals surface area contributed by atoms with Crippen molar-refractivity contribution in [2.45, 2.75) is 25.8 Å². The van der Waals surface area contributed by atoms with Gasteiger partial charge in [-0.15, -0.1) is 11.3 Å². The Kier molecular flexibility index (Phi) is 3.99. The number of aromatic nitrogens is 1. The maximum absolute atomic E-state index is 11.5. The van der Waals surface area contributed by atoms with Gasteiger partial charge in [0.25, 0.3) is 0 Å². The first-order valence-corrected chi connectivity index (χ1v) is 9.71. The zero-order chi connectivity index (χ0) is 14.9. The van der Waals surface area contributed by atoms with Crippen molar-refractivity contribution in [3.63, 3.8) is 0 Å². The molecule has 2 aromatic rings. The Morgan fingerprint density at radius 2 is 2.05 bits per heavy atom. The summed E-state index contributed by atoms with van der Waals surface area (Å²) in [6.07, 6.45) is 1.37. The molecule has 1 aromatic heterocycles. The zero-order valence-electron chi connectivity index (χ0n) is 11.9. The van der Waals surface area contributed by atoms with Gasteiger partial charge in [0.1, 0.15) is 9.84 Å². The van der Waals surface area contributed by atoms with E-state index in [1.807, 2.05) is 25.1 Å². The van der Waals surface area contributed by atoms with Crippen LogP contribution in [0.15, 0.2) is 29.6 Å². The lowest BCUT2D eigenvalue weighted by Crippen LogP contribution is -2.32. The molecule has 1 aromatic carbocycles. The number of benzene rings is 1. The van der Waals surface area contributed by atoms with Crippen molar-refractivity contribution in [2.75, 3.05) is 16.8 Å². The average Bonchev–Trinajstić information content (AvgIpc) is 2.88. The molecule has 1 N–H and O–H groups in total. The minimum Gasteiger partial charge on any atom is -0.382 e. The number of anilines is 1. The molecule has 1 fully saturated rings. The third-order valence-electron chi connectivity index (χ3n) is 3.70. The summed E-state index contributed by atoms with van der Waals surface area (Å²) in [5, 5.41) is 6.56. The zero-order valence-corrected chi connectivity index (χ0v) is 13.5. The number of nitrogens with zero attached hydrogens (tertiary/aromatic N) is 1. The van der Waals surface area contributed by atoms with Crippen LogP contribution >= 0.6 is 11.3 Å². The molecule has 21 heavy (non-hydrogen) atoms. The summed E-state index contributed by atoms with van der Waals surface area (Å²) in [6, 6.07) is 8.39. The first-order chi connectivity index (χ1) is 10.0. The molecule has 0 atom stereocenters. The van der Waals surface area contributed by atoms with Crippen LogP contribution in [0.25, 0.3) is 11.3 Å². The third-order valence-corrected chi connectivity index (χ3v) is 6.19. The highest BCUT2D eigenvalue weighted by Gasteiger charge is 2.23. The molecule has 3 rings (SSSR count). The van der Waals surface area contributed by atoms with Gasteiger partial charge < -0.3 is 5.32 Å². The fourth-order valence-electron chi connectivity index (χ4n) is 2.53. The number of rotatable bonds is 3. The van der Waals surface area contributed by atoms with Crippen LogP contribution in [-0.2, 0) is 9.84 Å². The van der Waals surface area contributed by atoms with Gasteiger partial charge in [0.05, 0.1) is 22.2 Å². The Labute approximate surface area is 129 Å². The number of thiazole rings is 1. The molecule has 0 amide bonds. The van der Waals surface area contributed by atoms with E-state index in [0.29, 0.717) is 12.8 Å². The highest BCUT2D eigenvalue weighted by molar-refractivity contribution is 7.91.